The van der Waals surface area contributed by atoms with Gasteiger partial charge in [-0.2, -0.15) is 0 Å². The Bertz CT molecular complexity index is 852. The van der Waals surface area contributed by atoms with Crippen molar-refractivity contribution in [2.24, 2.45) is 0 Å². The Morgan fingerprint density at radius 1 is 1.18 bits per heavy atom. The minimum atomic E-state index is 0.603. The smallest absolute Gasteiger partial charge is 0.167 e. The van der Waals surface area contributed by atoms with Gasteiger partial charge in [-0.05, 0) is 42.3 Å². The van der Waals surface area contributed by atoms with Crippen LogP contribution in [0.15, 0.2) is 42.6 Å². The molecular formula is C18H16ClNO2. The molecule has 3 nitrogen and oxygen atoms in total. The van der Waals surface area contributed by atoms with E-state index in [1.54, 1.807) is 13.2 Å². The highest BCUT2D eigenvalue weighted by atomic mass is 35.5. The van der Waals surface area contributed by atoms with Crippen molar-refractivity contribution in [1.29, 1.82) is 0 Å². The van der Waals surface area contributed by atoms with Crippen molar-refractivity contribution in [3.63, 3.8) is 0 Å². The van der Waals surface area contributed by atoms with Gasteiger partial charge in [0.15, 0.2) is 6.29 Å². The summed E-state index contributed by atoms with van der Waals surface area (Å²) in [7, 11) is 1.61. The van der Waals surface area contributed by atoms with E-state index < -0.39 is 0 Å². The summed E-state index contributed by atoms with van der Waals surface area (Å²) in [5.74, 6) is 0.694. The van der Waals surface area contributed by atoms with E-state index in [4.69, 9.17) is 16.3 Å². The van der Waals surface area contributed by atoms with Gasteiger partial charge in [0.25, 0.3) is 0 Å². The molecule has 0 atom stereocenters. The van der Waals surface area contributed by atoms with Gasteiger partial charge in [0.2, 0.25) is 0 Å². The zero-order chi connectivity index (χ0) is 15.7. The Hall–Kier alpha value is -2.26. The van der Waals surface area contributed by atoms with Crippen molar-refractivity contribution in [2.45, 2.75) is 13.3 Å². The van der Waals surface area contributed by atoms with Gasteiger partial charge in [0.05, 0.1) is 12.8 Å². The number of carbonyl (C=O) groups is 1. The number of carbonyl (C=O) groups excluding carboxylic acids is 1. The van der Waals surface area contributed by atoms with Crippen molar-refractivity contribution in [3.05, 3.63) is 58.9 Å². The van der Waals surface area contributed by atoms with E-state index in [0.717, 1.165) is 29.4 Å². The Morgan fingerprint density at radius 2 is 2.00 bits per heavy atom. The van der Waals surface area contributed by atoms with Crippen molar-refractivity contribution < 1.29 is 9.53 Å². The molecule has 0 saturated carbocycles. The van der Waals surface area contributed by atoms with Crippen LogP contribution < -0.4 is 4.74 Å². The summed E-state index contributed by atoms with van der Waals surface area (Å²) in [6, 6.07) is 11.5. The van der Waals surface area contributed by atoms with Crippen LogP contribution in [0.3, 0.4) is 0 Å². The van der Waals surface area contributed by atoms with Crippen molar-refractivity contribution in [2.75, 3.05) is 7.11 Å². The van der Waals surface area contributed by atoms with Crippen molar-refractivity contribution >= 4 is 23.4 Å². The summed E-state index contributed by atoms with van der Waals surface area (Å²) in [6.45, 7) is 2.09. The average Bonchev–Trinajstić information content (AvgIpc) is 2.92. The first kappa shape index (κ1) is 14.7. The number of pyridine rings is 1. The van der Waals surface area contributed by atoms with E-state index in [1.165, 1.54) is 5.56 Å². The van der Waals surface area contributed by atoms with Gasteiger partial charge >= 0.3 is 0 Å². The third-order valence-corrected chi connectivity index (χ3v) is 4.08. The Balaban J connectivity index is 2.31. The van der Waals surface area contributed by atoms with Crippen LogP contribution in [0.4, 0.5) is 0 Å². The van der Waals surface area contributed by atoms with Crippen LogP contribution in [0.25, 0.3) is 16.6 Å². The number of halogens is 1. The van der Waals surface area contributed by atoms with Gasteiger partial charge in [-0.15, -0.1) is 0 Å². The lowest BCUT2D eigenvalue weighted by molar-refractivity contribution is 0.111. The van der Waals surface area contributed by atoms with Crippen LogP contribution in [0.1, 0.15) is 23.0 Å². The molecule has 0 radical (unpaired) electrons. The van der Waals surface area contributed by atoms with Gasteiger partial charge in [0.1, 0.15) is 5.75 Å². The minimum Gasteiger partial charge on any atom is -0.496 e. The van der Waals surface area contributed by atoms with Crippen molar-refractivity contribution in [1.82, 2.24) is 4.40 Å². The highest BCUT2D eigenvalue weighted by molar-refractivity contribution is 6.31. The van der Waals surface area contributed by atoms with E-state index in [9.17, 15) is 4.79 Å². The van der Waals surface area contributed by atoms with E-state index in [0.29, 0.717) is 16.5 Å². The fourth-order valence-corrected chi connectivity index (χ4v) is 2.84. The number of nitrogens with zero attached hydrogens (tertiary/aromatic N) is 1. The second-order valence-electron chi connectivity index (χ2n) is 5.09. The lowest BCUT2D eigenvalue weighted by atomic mass is 10.1. The van der Waals surface area contributed by atoms with E-state index in [-0.39, 0.29) is 0 Å². The molecule has 2 aromatic heterocycles. The lowest BCUT2D eigenvalue weighted by Crippen LogP contribution is -1.95. The molecule has 1 aromatic carbocycles. The number of methoxy groups -OCH3 is 1. The number of hydrogen-bond donors (Lipinski definition) is 0. The predicted molar refractivity (Wildman–Crippen MR) is 89.2 cm³/mol. The minimum absolute atomic E-state index is 0.603. The molecule has 3 rings (SSSR count). The molecule has 0 amide bonds. The van der Waals surface area contributed by atoms with Gasteiger partial charge < -0.3 is 9.14 Å². The average molecular weight is 314 g/mol. The second kappa shape index (κ2) is 5.85. The molecule has 0 aliphatic rings. The van der Waals surface area contributed by atoms with Gasteiger partial charge in [0, 0.05) is 27.9 Å². The fourth-order valence-electron chi connectivity index (χ4n) is 2.67. The lowest BCUT2D eigenvalue weighted by Gasteiger charge is -2.08. The largest absolute Gasteiger partial charge is 0.496 e. The molecule has 0 spiro atoms. The summed E-state index contributed by atoms with van der Waals surface area (Å²) in [5.41, 5.74) is 4.39. The molecular weight excluding hydrogens is 298 g/mol. The van der Waals surface area contributed by atoms with Crippen LogP contribution in [-0.4, -0.2) is 17.8 Å². The zero-order valence-electron chi connectivity index (χ0n) is 12.5. The molecule has 0 fully saturated rings. The molecule has 0 bridgehead atoms. The molecule has 112 valence electrons. The van der Waals surface area contributed by atoms with Crippen molar-refractivity contribution in [3.8, 4) is 16.9 Å². The van der Waals surface area contributed by atoms with Gasteiger partial charge in [-0.3, -0.25) is 4.79 Å². The Kier molecular flexibility index (Phi) is 3.90. The number of ether oxygens (including phenoxy) is 1. The molecule has 3 aromatic rings. The van der Waals surface area contributed by atoms with Gasteiger partial charge in [-0.25, -0.2) is 0 Å². The molecule has 0 aliphatic carbocycles. The third-order valence-electron chi connectivity index (χ3n) is 3.84. The number of fused-ring (bicyclic) bond motifs is 1. The summed E-state index contributed by atoms with van der Waals surface area (Å²) in [6.07, 6.45) is 3.80. The first-order chi connectivity index (χ1) is 10.7. The summed E-state index contributed by atoms with van der Waals surface area (Å²) in [5, 5.41) is 0.608. The maximum absolute atomic E-state index is 11.7. The number of rotatable bonds is 4. The first-order valence-corrected chi connectivity index (χ1v) is 7.48. The number of hydrogen-bond acceptors (Lipinski definition) is 2. The van der Waals surface area contributed by atoms with Crippen LogP contribution in [-0.2, 0) is 6.42 Å². The maximum Gasteiger partial charge on any atom is 0.167 e. The molecule has 0 unspecified atom stereocenters. The topological polar surface area (TPSA) is 30.7 Å². The van der Waals surface area contributed by atoms with Gasteiger partial charge in [-0.1, -0.05) is 24.6 Å². The standard InChI is InChI=1S/C18H16ClNO2/c1-3-12-4-6-14-9-15(17(11-21)20(14)10-12)16-8-13(19)5-7-18(16)22-2/h4-11H,3H2,1-2H3. The Morgan fingerprint density at radius 3 is 2.68 bits per heavy atom. The molecule has 0 aliphatic heterocycles. The normalized spacial score (nSPS) is 10.9. The number of aldehydes is 1. The zero-order valence-corrected chi connectivity index (χ0v) is 13.2. The van der Waals surface area contributed by atoms with E-state index >= 15 is 0 Å². The third kappa shape index (κ3) is 2.38. The number of aryl methyl sites for hydroxylation is 1. The van der Waals surface area contributed by atoms with E-state index in [2.05, 4.69) is 13.0 Å². The number of benzene rings is 1. The molecule has 0 saturated heterocycles. The molecule has 4 heteroatoms. The summed E-state index contributed by atoms with van der Waals surface area (Å²) in [4.78, 5) is 11.7. The molecule has 0 N–H and O–H groups in total. The van der Waals surface area contributed by atoms with E-state index in [1.807, 2.05) is 34.9 Å². The molecule has 22 heavy (non-hydrogen) atoms. The summed E-state index contributed by atoms with van der Waals surface area (Å²) < 4.78 is 7.33. The maximum atomic E-state index is 11.7. The monoisotopic (exact) mass is 313 g/mol. The fraction of sp³-hybridized carbons (Fsp3) is 0.167. The summed E-state index contributed by atoms with van der Waals surface area (Å²) >= 11 is 6.11. The van der Waals surface area contributed by atoms with Crippen LogP contribution >= 0.6 is 11.6 Å². The Labute approximate surface area is 134 Å². The van der Waals surface area contributed by atoms with Crippen LogP contribution in [0.2, 0.25) is 5.02 Å². The quantitative estimate of drug-likeness (QED) is 0.657. The van der Waals surface area contributed by atoms with Crippen LogP contribution in [0, 0.1) is 0 Å². The first-order valence-electron chi connectivity index (χ1n) is 7.11. The highest BCUT2D eigenvalue weighted by Crippen LogP contribution is 2.36. The SMILES string of the molecule is CCc1ccc2cc(-c3cc(Cl)ccc3OC)c(C=O)n2c1. The number of aromatic nitrogens is 1. The second-order valence-corrected chi connectivity index (χ2v) is 5.53. The van der Waals surface area contributed by atoms with Crippen LogP contribution in [0.5, 0.6) is 5.75 Å². The highest BCUT2D eigenvalue weighted by Gasteiger charge is 2.15. The molecule has 2 heterocycles. The predicted octanol–water partition coefficient (Wildman–Crippen LogP) is 4.64.